The maximum Gasteiger partial charge on any atom is 0.417 e. The molecule has 0 bridgehead atoms. The zero-order valence-corrected chi connectivity index (χ0v) is 18.9. The first-order valence-corrected chi connectivity index (χ1v) is 11.5. The molecule has 0 saturated heterocycles. The molecule has 1 aromatic heterocycles. The molecule has 0 saturated carbocycles. The van der Waals surface area contributed by atoms with E-state index in [1.807, 2.05) is 0 Å². The largest absolute Gasteiger partial charge is 0.417 e. The van der Waals surface area contributed by atoms with E-state index < -0.39 is 11.7 Å². The van der Waals surface area contributed by atoms with E-state index in [-0.39, 0.29) is 15.8 Å². The van der Waals surface area contributed by atoms with Crippen LogP contribution < -0.4 is 4.90 Å². The monoisotopic (exact) mass is 455 g/mol. The number of carbonyl (C=O) groups excluding carboxylic acids is 1. The molecular weight excluding hydrogens is 431 g/mol. The van der Waals surface area contributed by atoms with Crippen LogP contribution in [0.25, 0.3) is 0 Å². The lowest BCUT2D eigenvalue weighted by atomic mass is 10.1. The number of thioether (sulfide) groups is 1. The highest BCUT2D eigenvalue weighted by Crippen LogP contribution is 2.52. The summed E-state index contributed by atoms with van der Waals surface area (Å²) in [7, 11) is 0. The Morgan fingerprint density at radius 1 is 1.13 bits per heavy atom. The lowest BCUT2D eigenvalue weighted by Gasteiger charge is -2.32. The summed E-state index contributed by atoms with van der Waals surface area (Å²) in [6.45, 7) is 9.12. The standard InChI is InChI=1S/C21H24F3N3OS2/c1-13(2)26(14(3)4)11-12-29-20(28)27-16-8-5-7-15(21(22,23)24)18(16)30-19-17(27)9-6-10-25-19/h5-10,13-14H,11-12H2,1-4H3. The highest BCUT2D eigenvalue weighted by atomic mass is 32.2. The van der Waals surface area contributed by atoms with E-state index in [1.165, 1.54) is 17.2 Å². The van der Waals surface area contributed by atoms with Gasteiger partial charge in [-0.15, -0.1) is 0 Å². The van der Waals surface area contributed by atoms with Gasteiger partial charge in [0, 0.05) is 30.6 Å². The highest BCUT2D eigenvalue weighted by Gasteiger charge is 2.39. The van der Waals surface area contributed by atoms with Crippen LogP contribution in [0, 0.1) is 0 Å². The normalized spacial score (nSPS) is 13.7. The third kappa shape index (κ3) is 4.78. The number of alkyl halides is 3. The van der Waals surface area contributed by atoms with E-state index in [1.54, 1.807) is 18.2 Å². The third-order valence-corrected chi connectivity index (χ3v) is 6.77. The molecule has 0 radical (unpaired) electrons. The maximum atomic E-state index is 13.6. The number of carbonyl (C=O) groups is 1. The second-order valence-corrected chi connectivity index (χ2v) is 9.50. The maximum absolute atomic E-state index is 13.6. The fraction of sp³-hybridized carbons (Fsp3) is 0.429. The summed E-state index contributed by atoms with van der Waals surface area (Å²) in [5, 5.41) is 0.0826. The van der Waals surface area contributed by atoms with Crippen molar-refractivity contribution in [3.63, 3.8) is 0 Å². The molecule has 1 amide bonds. The summed E-state index contributed by atoms with van der Waals surface area (Å²) in [6, 6.07) is 8.01. The second-order valence-electron chi connectivity index (χ2n) is 7.46. The molecule has 2 heterocycles. The fourth-order valence-corrected chi connectivity index (χ4v) is 5.43. The molecule has 0 unspecified atom stereocenters. The van der Waals surface area contributed by atoms with Gasteiger partial charge in [-0.3, -0.25) is 14.6 Å². The zero-order valence-electron chi connectivity index (χ0n) is 17.2. The Hall–Kier alpha value is -1.71. The number of halogens is 3. The van der Waals surface area contributed by atoms with Crippen LogP contribution in [0.1, 0.15) is 33.3 Å². The van der Waals surface area contributed by atoms with E-state index in [0.717, 1.165) is 29.6 Å². The Labute approximate surface area is 183 Å². The van der Waals surface area contributed by atoms with Gasteiger partial charge in [-0.25, -0.2) is 4.98 Å². The van der Waals surface area contributed by atoms with Crippen LogP contribution in [-0.2, 0) is 6.18 Å². The molecule has 2 aromatic rings. The average molecular weight is 456 g/mol. The van der Waals surface area contributed by atoms with Crippen molar-refractivity contribution >= 4 is 40.1 Å². The Bertz CT molecular complexity index is 911. The van der Waals surface area contributed by atoms with Crippen molar-refractivity contribution in [3.05, 3.63) is 42.1 Å². The molecule has 3 rings (SSSR count). The van der Waals surface area contributed by atoms with Crippen LogP contribution in [0.4, 0.5) is 29.3 Å². The Kier molecular flexibility index (Phi) is 7.04. The Morgan fingerprint density at radius 2 is 1.80 bits per heavy atom. The SMILES string of the molecule is CC(C)N(CCSC(=O)N1c2cccnc2Sc2c1cccc2C(F)(F)F)C(C)C. The number of pyridine rings is 1. The van der Waals surface area contributed by atoms with E-state index in [2.05, 4.69) is 37.6 Å². The molecule has 0 atom stereocenters. The van der Waals surface area contributed by atoms with Gasteiger partial charge in [-0.05, 0) is 52.0 Å². The number of hydrogen-bond donors (Lipinski definition) is 0. The van der Waals surface area contributed by atoms with Crippen molar-refractivity contribution in [2.75, 3.05) is 17.2 Å². The van der Waals surface area contributed by atoms with Crippen LogP contribution in [0.5, 0.6) is 0 Å². The van der Waals surface area contributed by atoms with Crippen molar-refractivity contribution in [2.24, 2.45) is 0 Å². The van der Waals surface area contributed by atoms with Crippen molar-refractivity contribution < 1.29 is 18.0 Å². The smallest absolute Gasteiger partial charge is 0.298 e. The van der Waals surface area contributed by atoms with Gasteiger partial charge < -0.3 is 0 Å². The molecule has 1 aromatic carbocycles. The summed E-state index contributed by atoms with van der Waals surface area (Å²) in [6.07, 6.45) is -2.99. The summed E-state index contributed by atoms with van der Waals surface area (Å²) in [4.78, 5) is 21.0. The third-order valence-electron chi connectivity index (χ3n) is 4.82. The van der Waals surface area contributed by atoms with Crippen LogP contribution in [0.15, 0.2) is 46.5 Å². The number of rotatable bonds is 5. The summed E-state index contributed by atoms with van der Waals surface area (Å²) in [5.74, 6) is 0.544. The Morgan fingerprint density at radius 3 is 2.43 bits per heavy atom. The highest BCUT2D eigenvalue weighted by molar-refractivity contribution is 8.14. The average Bonchev–Trinajstić information content (AvgIpc) is 2.67. The minimum absolute atomic E-state index is 0.0103. The van der Waals surface area contributed by atoms with E-state index in [0.29, 0.717) is 35.1 Å². The summed E-state index contributed by atoms with van der Waals surface area (Å²) < 4.78 is 40.7. The zero-order chi connectivity index (χ0) is 22.1. The molecule has 4 nitrogen and oxygen atoms in total. The number of aromatic nitrogens is 1. The van der Waals surface area contributed by atoms with Crippen molar-refractivity contribution in [2.45, 2.75) is 55.9 Å². The van der Waals surface area contributed by atoms with Gasteiger partial charge in [0.2, 0.25) is 0 Å². The Balaban J connectivity index is 1.91. The van der Waals surface area contributed by atoms with Crippen LogP contribution in [0.3, 0.4) is 0 Å². The lowest BCUT2D eigenvalue weighted by molar-refractivity contribution is -0.139. The number of anilines is 2. The number of fused-ring (bicyclic) bond motifs is 2. The summed E-state index contributed by atoms with van der Waals surface area (Å²) >= 11 is 2.06. The van der Waals surface area contributed by atoms with E-state index in [9.17, 15) is 18.0 Å². The van der Waals surface area contributed by atoms with Crippen LogP contribution in [-0.4, -0.2) is 39.5 Å². The molecule has 0 N–H and O–H groups in total. The van der Waals surface area contributed by atoms with Crippen LogP contribution in [0.2, 0.25) is 0 Å². The van der Waals surface area contributed by atoms with Gasteiger partial charge in [0.05, 0.1) is 21.8 Å². The molecule has 0 aliphatic carbocycles. The van der Waals surface area contributed by atoms with Gasteiger partial charge in [-0.1, -0.05) is 29.6 Å². The quantitative estimate of drug-likeness (QED) is 0.503. The van der Waals surface area contributed by atoms with Gasteiger partial charge in [0.15, 0.2) is 0 Å². The molecule has 1 aliphatic rings. The molecule has 0 spiro atoms. The van der Waals surface area contributed by atoms with Crippen molar-refractivity contribution in [1.29, 1.82) is 0 Å². The molecule has 0 fully saturated rings. The van der Waals surface area contributed by atoms with Crippen LogP contribution >= 0.6 is 23.5 Å². The van der Waals surface area contributed by atoms with E-state index >= 15 is 0 Å². The minimum atomic E-state index is -4.51. The molecular formula is C21H24F3N3OS2. The topological polar surface area (TPSA) is 36.4 Å². The first-order chi connectivity index (χ1) is 14.1. The first-order valence-electron chi connectivity index (χ1n) is 9.67. The van der Waals surface area contributed by atoms with Crippen molar-refractivity contribution in [1.82, 2.24) is 9.88 Å². The lowest BCUT2D eigenvalue weighted by Crippen LogP contribution is -2.39. The van der Waals surface area contributed by atoms with Gasteiger partial charge in [-0.2, -0.15) is 13.2 Å². The molecule has 9 heteroatoms. The number of nitrogens with zero attached hydrogens (tertiary/aromatic N) is 3. The molecule has 1 aliphatic heterocycles. The van der Waals surface area contributed by atoms with Gasteiger partial charge in [0.1, 0.15) is 5.03 Å². The summed E-state index contributed by atoms with van der Waals surface area (Å²) in [5.41, 5.74) is 0.00342. The van der Waals surface area contributed by atoms with Gasteiger partial charge in [0.25, 0.3) is 5.24 Å². The van der Waals surface area contributed by atoms with Crippen molar-refractivity contribution in [3.8, 4) is 0 Å². The van der Waals surface area contributed by atoms with E-state index in [4.69, 9.17) is 0 Å². The fourth-order valence-electron chi connectivity index (χ4n) is 3.50. The number of hydrogen-bond acceptors (Lipinski definition) is 5. The molecule has 162 valence electrons. The predicted molar refractivity (Wildman–Crippen MR) is 117 cm³/mol. The molecule has 30 heavy (non-hydrogen) atoms. The number of benzene rings is 1. The minimum Gasteiger partial charge on any atom is -0.298 e. The van der Waals surface area contributed by atoms with Gasteiger partial charge >= 0.3 is 6.18 Å². The first kappa shape index (κ1) is 23.0. The second kappa shape index (κ2) is 9.20. The predicted octanol–water partition coefficient (Wildman–Crippen LogP) is 6.68. The number of amides is 1.